The molecule has 31 heavy (non-hydrogen) atoms. The summed E-state index contributed by atoms with van der Waals surface area (Å²) >= 11 is 0. The molecule has 0 saturated carbocycles. The summed E-state index contributed by atoms with van der Waals surface area (Å²) in [4.78, 5) is 32.0. The highest BCUT2D eigenvalue weighted by molar-refractivity contribution is 5.95. The zero-order valence-electron chi connectivity index (χ0n) is 17.9. The van der Waals surface area contributed by atoms with Crippen molar-refractivity contribution in [1.29, 1.82) is 0 Å². The Bertz CT molecular complexity index is 1080. The van der Waals surface area contributed by atoms with Gasteiger partial charge in [0.05, 0.1) is 27.9 Å². The van der Waals surface area contributed by atoms with Crippen molar-refractivity contribution >= 4 is 28.2 Å². The molecule has 162 valence electrons. The second-order valence-corrected chi connectivity index (χ2v) is 7.00. The van der Waals surface area contributed by atoms with E-state index in [2.05, 4.69) is 21.8 Å². The van der Waals surface area contributed by atoms with Crippen molar-refractivity contribution in [2.45, 2.75) is 13.8 Å². The number of carbonyl (C=O) groups excluding carboxylic acids is 1. The summed E-state index contributed by atoms with van der Waals surface area (Å²) in [6.45, 7) is 7.75. The van der Waals surface area contributed by atoms with Crippen LogP contribution in [0.5, 0.6) is 5.75 Å². The zero-order valence-corrected chi connectivity index (χ0v) is 17.9. The number of hydrogen-bond donors (Lipinski definition) is 0. The number of non-ortho nitro benzene ring substituents is 1. The Morgan fingerprint density at radius 3 is 2.48 bits per heavy atom. The Kier molecular flexibility index (Phi) is 7.15. The number of hydrogen-bond acceptors (Lipinski definition) is 7. The first kappa shape index (κ1) is 22.2. The van der Waals surface area contributed by atoms with Gasteiger partial charge in [-0.25, -0.2) is 4.79 Å². The van der Waals surface area contributed by atoms with Gasteiger partial charge in [-0.3, -0.25) is 15.1 Å². The van der Waals surface area contributed by atoms with E-state index in [-0.39, 0.29) is 11.3 Å². The number of esters is 1. The second kappa shape index (κ2) is 9.99. The monoisotopic (exact) mass is 422 g/mol. The molecule has 1 aromatic heterocycles. The number of aromatic nitrogens is 1. The third-order valence-corrected chi connectivity index (χ3v) is 5.03. The molecule has 0 radical (unpaired) electrons. The largest absolute Gasteiger partial charge is 0.422 e. The fraction of sp³-hybridized carbons (Fsp3) is 0.304. The first-order chi connectivity index (χ1) is 15.0. The minimum atomic E-state index is -0.647. The molecule has 2 aromatic carbocycles. The molecule has 0 aliphatic carbocycles. The number of nitro benzene ring substituents is 1. The van der Waals surface area contributed by atoms with Crippen LogP contribution in [-0.4, -0.2) is 54.0 Å². The minimum Gasteiger partial charge on any atom is -0.422 e. The average Bonchev–Trinajstić information content (AvgIpc) is 2.81. The van der Waals surface area contributed by atoms with Gasteiger partial charge in [0.15, 0.2) is 0 Å². The Labute approximate surface area is 181 Å². The van der Waals surface area contributed by atoms with E-state index in [1.807, 2.05) is 32.2 Å². The van der Waals surface area contributed by atoms with Crippen LogP contribution in [0.3, 0.4) is 0 Å². The molecule has 1 aliphatic heterocycles. The summed E-state index contributed by atoms with van der Waals surface area (Å²) in [5, 5.41) is 11.7. The van der Waals surface area contributed by atoms with E-state index in [0.29, 0.717) is 11.3 Å². The van der Waals surface area contributed by atoms with E-state index in [0.717, 1.165) is 37.3 Å². The number of nitrogens with zero attached hydrogens (tertiary/aromatic N) is 4. The maximum absolute atomic E-state index is 12.6. The molecule has 3 aromatic rings. The van der Waals surface area contributed by atoms with Crippen LogP contribution in [0.25, 0.3) is 10.9 Å². The highest BCUT2D eigenvalue weighted by Crippen LogP contribution is 2.29. The molecule has 0 unspecified atom stereocenters. The molecule has 1 saturated heterocycles. The lowest BCUT2D eigenvalue weighted by atomic mass is 10.1. The summed E-state index contributed by atoms with van der Waals surface area (Å²) in [6, 6.07) is 12.8. The molecule has 1 aliphatic rings. The molecule has 0 atom stereocenters. The molecule has 0 amide bonds. The third kappa shape index (κ3) is 5.16. The second-order valence-electron chi connectivity index (χ2n) is 7.00. The normalized spacial score (nSPS) is 14.0. The van der Waals surface area contributed by atoms with Crippen LogP contribution in [0.15, 0.2) is 54.7 Å². The number of likely N-dealkylation sites (N-methyl/N-ethyl adjacent to an activating group) is 1. The molecule has 0 bridgehead atoms. The highest BCUT2D eigenvalue weighted by atomic mass is 16.6. The SMILES string of the molecule is CC.CN1CCN(c2cnc3cccc(OC(=O)c4cccc([N+](=O)[O-])c4)c3c2)CC1. The number of fused-ring (bicyclic) bond motifs is 1. The fourth-order valence-corrected chi connectivity index (χ4v) is 3.34. The van der Waals surface area contributed by atoms with Crippen molar-refractivity contribution < 1.29 is 14.5 Å². The first-order valence-electron chi connectivity index (χ1n) is 10.3. The average molecular weight is 422 g/mol. The molecule has 8 nitrogen and oxygen atoms in total. The molecule has 0 N–H and O–H groups in total. The predicted molar refractivity (Wildman–Crippen MR) is 121 cm³/mol. The van der Waals surface area contributed by atoms with Gasteiger partial charge in [0, 0.05) is 43.7 Å². The van der Waals surface area contributed by atoms with Crippen molar-refractivity contribution in [3.8, 4) is 5.75 Å². The van der Waals surface area contributed by atoms with Crippen LogP contribution < -0.4 is 9.64 Å². The van der Waals surface area contributed by atoms with E-state index in [1.165, 1.54) is 24.3 Å². The summed E-state index contributed by atoms with van der Waals surface area (Å²) in [5.74, 6) is -0.270. The van der Waals surface area contributed by atoms with Crippen LogP contribution in [0, 0.1) is 10.1 Å². The van der Waals surface area contributed by atoms with Gasteiger partial charge >= 0.3 is 5.97 Å². The van der Waals surface area contributed by atoms with Crippen molar-refractivity contribution in [2.24, 2.45) is 0 Å². The molecule has 0 spiro atoms. The Hall–Kier alpha value is -3.52. The Morgan fingerprint density at radius 1 is 1.06 bits per heavy atom. The smallest absolute Gasteiger partial charge is 0.343 e. The molecule has 1 fully saturated rings. The van der Waals surface area contributed by atoms with Gasteiger partial charge in [0.25, 0.3) is 5.69 Å². The van der Waals surface area contributed by atoms with E-state index < -0.39 is 10.9 Å². The number of piperazine rings is 1. The zero-order chi connectivity index (χ0) is 22.4. The topological polar surface area (TPSA) is 88.8 Å². The Balaban J connectivity index is 0.00000132. The minimum absolute atomic E-state index is 0.124. The van der Waals surface area contributed by atoms with Crippen molar-refractivity contribution in [3.63, 3.8) is 0 Å². The Morgan fingerprint density at radius 2 is 1.77 bits per heavy atom. The number of pyridine rings is 1. The van der Waals surface area contributed by atoms with E-state index >= 15 is 0 Å². The lowest BCUT2D eigenvalue weighted by Crippen LogP contribution is -2.44. The van der Waals surface area contributed by atoms with Crippen molar-refractivity contribution in [3.05, 3.63) is 70.4 Å². The quantitative estimate of drug-likeness (QED) is 0.270. The highest BCUT2D eigenvalue weighted by Gasteiger charge is 2.18. The lowest BCUT2D eigenvalue weighted by Gasteiger charge is -2.33. The van der Waals surface area contributed by atoms with E-state index in [9.17, 15) is 14.9 Å². The predicted octanol–water partition coefficient (Wildman–Crippen LogP) is 4.14. The van der Waals surface area contributed by atoms with Gasteiger partial charge in [-0.15, -0.1) is 0 Å². The number of carbonyl (C=O) groups is 1. The van der Waals surface area contributed by atoms with Gasteiger partial charge in [-0.1, -0.05) is 26.0 Å². The van der Waals surface area contributed by atoms with Gasteiger partial charge in [-0.05, 0) is 31.3 Å². The summed E-state index contributed by atoms with van der Waals surface area (Å²) in [6.07, 6.45) is 1.83. The van der Waals surface area contributed by atoms with E-state index in [1.54, 1.807) is 12.1 Å². The number of ether oxygens (including phenoxy) is 1. The van der Waals surface area contributed by atoms with E-state index in [4.69, 9.17) is 4.74 Å². The molecule has 8 heteroatoms. The van der Waals surface area contributed by atoms with Crippen molar-refractivity contribution in [2.75, 3.05) is 38.1 Å². The molecular weight excluding hydrogens is 396 g/mol. The number of benzene rings is 2. The maximum Gasteiger partial charge on any atom is 0.343 e. The summed E-state index contributed by atoms with van der Waals surface area (Å²) in [5.41, 5.74) is 1.66. The summed E-state index contributed by atoms with van der Waals surface area (Å²) in [7, 11) is 2.10. The fourth-order valence-electron chi connectivity index (χ4n) is 3.34. The number of nitro groups is 1. The van der Waals surface area contributed by atoms with Crippen LogP contribution in [0.4, 0.5) is 11.4 Å². The molecule has 4 rings (SSSR count). The van der Waals surface area contributed by atoms with Crippen LogP contribution >= 0.6 is 0 Å². The lowest BCUT2D eigenvalue weighted by molar-refractivity contribution is -0.384. The third-order valence-electron chi connectivity index (χ3n) is 5.03. The first-order valence-corrected chi connectivity index (χ1v) is 10.3. The van der Waals surface area contributed by atoms with Gasteiger partial charge in [0.2, 0.25) is 0 Å². The molecular formula is C23H26N4O4. The van der Waals surface area contributed by atoms with Gasteiger partial charge < -0.3 is 14.5 Å². The number of rotatable bonds is 4. The molecule has 2 heterocycles. The standard InChI is InChI=1S/C21H20N4O4.C2H6/c1-23-8-10-24(11-9-23)17-13-18-19(22-14-17)6-3-7-20(18)29-21(26)15-4-2-5-16(12-15)25(27)28;1-2/h2-7,12-14H,8-11H2,1H3;1-2H3. The summed E-state index contributed by atoms with van der Waals surface area (Å²) < 4.78 is 5.58. The maximum atomic E-state index is 12.6. The van der Waals surface area contributed by atoms with Crippen LogP contribution in [0.2, 0.25) is 0 Å². The van der Waals surface area contributed by atoms with Crippen molar-refractivity contribution in [1.82, 2.24) is 9.88 Å². The van der Waals surface area contributed by atoms with Crippen LogP contribution in [0.1, 0.15) is 24.2 Å². The van der Waals surface area contributed by atoms with Gasteiger partial charge in [0.1, 0.15) is 5.75 Å². The van der Waals surface area contributed by atoms with Gasteiger partial charge in [-0.2, -0.15) is 0 Å². The van der Waals surface area contributed by atoms with Crippen LogP contribution in [-0.2, 0) is 0 Å². The number of anilines is 1.